The number of ether oxygens (including phenoxy) is 1. The number of aromatic amines is 1. The van der Waals surface area contributed by atoms with Crippen LogP contribution in [0, 0.1) is 0 Å². The number of fused-ring (bicyclic) bond motifs is 1. The molecule has 2 N–H and O–H groups in total. The number of anilines is 1. The standard InChI is InChI=1S/C21H22N4O2/c26-21(27-15-17-9-5-2-6-10-17)22-20-18-11-12-25(14-19(18)23-24-20)13-16-7-3-1-4-8-16/h1-10H,11-15H2,(H2,22,23,24,26). The molecule has 0 radical (unpaired) electrons. The van der Waals surface area contributed by atoms with Gasteiger partial charge in [0.25, 0.3) is 0 Å². The van der Waals surface area contributed by atoms with Crippen LogP contribution in [0.5, 0.6) is 0 Å². The first-order chi connectivity index (χ1) is 13.3. The van der Waals surface area contributed by atoms with Gasteiger partial charge in [-0.25, -0.2) is 4.79 Å². The molecule has 6 nitrogen and oxygen atoms in total. The molecule has 0 bridgehead atoms. The fourth-order valence-corrected chi connectivity index (χ4v) is 3.31. The Balaban J connectivity index is 1.33. The third-order valence-electron chi connectivity index (χ3n) is 4.69. The smallest absolute Gasteiger partial charge is 0.413 e. The second kappa shape index (κ2) is 8.05. The summed E-state index contributed by atoms with van der Waals surface area (Å²) in [6, 6.07) is 20.0. The maximum absolute atomic E-state index is 12.1. The SMILES string of the molecule is O=C(Nc1n[nH]c2c1CCN(Cc1ccccc1)C2)OCc1ccccc1. The normalized spacial score (nSPS) is 13.8. The second-order valence-corrected chi connectivity index (χ2v) is 6.66. The quantitative estimate of drug-likeness (QED) is 0.726. The molecule has 1 aliphatic heterocycles. The first-order valence-corrected chi connectivity index (χ1v) is 9.08. The van der Waals surface area contributed by atoms with Crippen molar-refractivity contribution in [2.75, 3.05) is 11.9 Å². The number of hydrogen-bond acceptors (Lipinski definition) is 4. The van der Waals surface area contributed by atoms with Crippen LogP contribution in [0.3, 0.4) is 0 Å². The van der Waals surface area contributed by atoms with Crippen LogP contribution < -0.4 is 5.32 Å². The summed E-state index contributed by atoms with van der Waals surface area (Å²) < 4.78 is 5.28. The Morgan fingerprint density at radius 1 is 1.07 bits per heavy atom. The van der Waals surface area contributed by atoms with Crippen molar-refractivity contribution in [3.8, 4) is 0 Å². The van der Waals surface area contributed by atoms with Gasteiger partial charge in [-0.1, -0.05) is 60.7 Å². The van der Waals surface area contributed by atoms with Crippen molar-refractivity contribution in [2.24, 2.45) is 0 Å². The number of H-pyrrole nitrogens is 1. The number of amides is 1. The van der Waals surface area contributed by atoms with Crippen LogP contribution in [0.1, 0.15) is 22.4 Å². The van der Waals surface area contributed by atoms with E-state index < -0.39 is 6.09 Å². The van der Waals surface area contributed by atoms with E-state index in [9.17, 15) is 4.79 Å². The van der Waals surface area contributed by atoms with Gasteiger partial charge in [-0.15, -0.1) is 0 Å². The molecule has 0 atom stereocenters. The van der Waals surface area contributed by atoms with Gasteiger partial charge in [0.05, 0.1) is 5.69 Å². The van der Waals surface area contributed by atoms with Crippen molar-refractivity contribution in [3.63, 3.8) is 0 Å². The summed E-state index contributed by atoms with van der Waals surface area (Å²) in [7, 11) is 0. The van der Waals surface area contributed by atoms with E-state index in [0.29, 0.717) is 5.82 Å². The molecular weight excluding hydrogens is 340 g/mol. The molecule has 2 heterocycles. The number of carbonyl (C=O) groups is 1. The van der Waals surface area contributed by atoms with Crippen molar-refractivity contribution >= 4 is 11.9 Å². The van der Waals surface area contributed by atoms with Gasteiger partial charge in [-0.05, 0) is 17.5 Å². The minimum atomic E-state index is -0.486. The average Bonchev–Trinajstić information content (AvgIpc) is 3.10. The Bertz CT molecular complexity index is 893. The molecule has 138 valence electrons. The van der Waals surface area contributed by atoms with Crippen molar-refractivity contribution in [3.05, 3.63) is 83.0 Å². The van der Waals surface area contributed by atoms with Gasteiger partial charge in [0, 0.05) is 25.2 Å². The molecule has 0 spiro atoms. The Morgan fingerprint density at radius 3 is 2.52 bits per heavy atom. The molecule has 4 rings (SSSR count). The molecule has 2 aromatic carbocycles. The largest absolute Gasteiger partial charge is 0.444 e. The fraction of sp³-hybridized carbons (Fsp3) is 0.238. The number of hydrogen-bond donors (Lipinski definition) is 2. The predicted molar refractivity (Wildman–Crippen MR) is 103 cm³/mol. The molecule has 0 saturated heterocycles. The maximum Gasteiger partial charge on any atom is 0.413 e. The summed E-state index contributed by atoms with van der Waals surface area (Å²) in [5.74, 6) is 0.572. The number of nitrogens with zero attached hydrogens (tertiary/aromatic N) is 2. The van der Waals surface area contributed by atoms with E-state index in [1.807, 2.05) is 36.4 Å². The van der Waals surface area contributed by atoms with Crippen LogP contribution in [0.15, 0.2) is 60.7 Å². The Kier molecular flexibility index (Phi) is 5.16. The first kappa shape index (κ1) is 17.3. The summed E-state index contributed by atoms with van der Waals surface area (Å²) >= 11 is 0. The average molecular weight is 362 g/mol. The monoisotopic (exact) mass is 362 g/mol. The zero-order chi connectivity index (χ0) is 18.5. The number of carbonyl (C=O) groups excluding carboxylic acids is 1. The summed E-state index contributed by atoms with van der Waals surface area (Å²) in [6.07, 6.45) is 0.354. The highest BCUT2D eigenvalue weighted by atomic mass is 16.5. The molecule has 27 heavy (non-hydrogen) atoms. The number of benzene rings is 2. The van der Waals surface area contributed by atoms with Crippen LogP contribution in [-0.4, -0.2) is 27.7 Å². The first-order valence-electron chi connectivity index (χ1n) is 9.08. The van der Waals surface area contributed by atoms with E-state index in [1.165, 1.54) is 5.56 Å². The minimum Gasteiger partial charge on any atom is -0.444 e. The van der Waals surface area contributed by atoms with E-state index in [0.717, 1.165) is 42.9 Å². The van der Waals surface area contributed by atoms with Crippen molar-refractivity contribution in [1.29, 1.82) is 0 Å². The maximum atomic E-state index is 12.1. The van der Waals surface area contributed by atoms with Gasteiger partial charge in [0.2, 0.25) is 0 Å². The van der Waals surface area contributed by atoms with Gasteiger partial charge in [0.15, 0.2) is 5.82 Å². The topological polar surface area (TPSA) is 70.2 Å². The van der Waals surface area contributed by atoms with E-state index in [1.54, 1.807) is 0 Å². The lowest BCUT2D eigenvalue weighted by molar-refractivity contribution is 0.155. The van der Waals surface area contributed by atoms with E-state index in [2.05, 4.69) is 44.7 Å². The highest BCUT2D eigenvalue weighted by Crippen LogP contribution is 2.24. The summed E-state index contributed by atoms with van der Waals surface area (Å²) in [6.45, 7) is 2.86. The lowest BCUT2D eigenvalue weighted by atomic mass is 10.1. The van der Waals surface area contributed by atoms with Gasteiger partial charge in [-0.3, -0.25) is 15.3 Å². The Hall–Kier alpha value is -3.12. The van der Waals surface area contributed by atoms with Crippen LogP contribution in [0.2, 0.25) is 0 Å². The molecule has 1 aromatic heterocycles. The lowest BCUT2D eigenvalue weighted by Crippen LogP contribution is -2.30. The predicted octanol–water partition coefficient (Wildman–Crippen LogP) is 3.72. The fourth-order valence-electron chi connectivity index (χ4n) is 3.31. The van der Waals surface area contributed by atoms with E-state index in [-0.39, 0.29) is 6.61 Å². The third-order valence-corrected chi connectivity index (χ3v) is 4.69. The van der Waals surface area contributed by atoms with Gasteiger partial charge in [-0.2, -0.15) is 5.10 Å². The zero-order valence-corrected chi connectivity index (χ0v) is 15.0. The second-order valence-electron chi connectivity index (χ2n) is 6.66. The highest BCUT2D eigenvalue weighted by Gasteiger charge is 2.23. The van der Waals surface area contributed by atoms with Gasteiger partial charge >= 0.3 is 6.09 Å². The summed E-state index contributed by atoms with van der Waals surface area (Å²) in [5.41, 5.74) is 4.36. The number of nitrogens with one attached hydrogen (secondary N) is 2. The van der Waals surface area contributed by atoms with Crippen molar-refractivity contribution < 1.29 is 9.53 Å². The molecule has 3 aromatic rings. The molecule has 0 unspecified atom stereocenters. The summed E-state index contributed by atoms with van der Waals surface area (Å²) in [4.78, 5) is 14.4. The number of aromatic nitrogens is 2. The molecular formula is C21H22N4O2. The van der Waals surface area contributed by atoms with Crippen molar-refractivity contribution in [1.82, 2.24) is 15.1 Å². The Labute approximate surface area is 158 Å². The third kappa shape index (κ3) is 4.35. The molecule has 1 amide bonds. The van der Waals surface area contributed by atoms with Crippen LogP contribution >= 0.6 is 0 Å². The number of rotatable bonds is 5. The van der Waals surface area contributed by atoms with Crippen molar-refractivity contribution in [2.45, 2.75) is 26.1 Å². The molecule has 0 saturated carbocycles. The molecule has 0 fully saturated rings. The van der Waals surface area contributed by atoms with Crippen LogP contribution in [0.25, 0.3) is 0 Å². The van der Waals surface area contributed by atoms with Crippen LogP contribution in [-0.2, 0) is 30.9 Å². The van der Waals surface area contributed by atoms with E-state index >= 15 is 0 Å². The van der Waals surface area contributed by atoms with E-state index in [4.69, 9.17) is 4.74 Å². The molecule has 6 heteroatoms. The van der Waals surface area contributed by atoms with Crippen LogP contribution in [0.4, 0.5) is 10.6 Å². The van der Waals surface area contributed by atoms with Gasteiger partial charge < -0.3 is 4.74 Å². The molecule has 1 aliphatic rings. The lowest BCUT2D eigenvalue weighted by Gasteiger charge is -2.26. The van der Waals surface area contributed by atoms with Gasteiger partial charge in [0.1, 0.15) is 6.61 Å². The minimum absolute atomic E-state index is 0.240. The Morgan fingerprint density at radius 2 is 1.78 bits per heavy atom. The summed E-state index contributed by atoms with van der Waals surface area (Å²) in [5, 5.41) is 10.1. The highest BCUT2D eigenvalue weighted by molar-refractivity contribution is 5.84. The molecule has 0 aliphatic carbocycles. The zero-order valence-electron chi connectivity index (χ0n) is 15.0.